The van der Waals surface area contributed by atoms with E-state index in [1.807, 2.05) is 17.4 Å². The van der Waals surface area contributed by atoms with Gasteiger partial charge in [0, 0.05) is 21.7 Å². The van der Waals surface area contributed by atoms with Crippen molar-refractivity contribution in [1.82, 2.24) is 4.90 Å². The van der Waals surface area contributed by atoms with Gasteiger partial charge >= 0.3 is 0 Å². The molecule has 5 heteroatoms. The number of nitrogens with two attached hydrogens (primary N) is 1. The maximum absolute atomic E-state index is 6.20. The van der Waals surface area contributed by atoms with E-state index in [1.54, 1.807) is 7.11 Å². The highest BCUT2D eigenvalue weighted by Gasteiger charge is 2.20. The minimum atomic E-state index is 0.570. The van der Waals surface area contributed by atoms with Crippen molar-refractivity contribution in [3.05, 3.63) is 112 Å². The van der Waals surface area contributed by atoms with Crippen molar-refractivity contribution >= 4 is 27.0 Å². The van der Waals surface area contributed by atoms with Crippen LogP contribution in [0.3, 0.4) is 0 Å². The lowest BCUT2D eigenvalue weighted by Gasteiger charge is -2.18. The number of rotatable bonds is 11. The van der Waals surface area contributed by atoms with E-state index in [2.05, 4.69) is 77.7 Å². The lowest BCUT2D eigenvalue weighted by atomic mass is 9.91. The van der Waals surface area contributed by atoms with Gasteiger partial charge in [0.15, 0.2) is 0 Å². The van der Waals surface area contributed by atoms with Gasteiger partial charge in [-0.15, -0.1) is 11.3 Å². The zero-order chi connectivity index (χ0) is 28.0. The smallest absolute Gasteiger partial charge is 0.123 e. The molecule has 0 amide bonds. The third-order valence-electron chi connectivity index (χ3n) is 8.33. The number of thiophene rings is 1. The highest BCUT2D eigenvalue weighted by atomic mass is 32.1. The SMILES string of the molecule is COc1cc(Cc2c(C3=CC=C(CCN)CC3)sc3cc(OCc4ccccc4)ccc23)ccc1CN1CCCC1. The number of methoxy groups -OCH3 is 1. The Morgan fingerprint density at radius 2 is 1.76 bits per heavy atom. The third kappa shape index (κ3) is 6.59. The van der Waals surface area contributed by atoms with Crippen LogP contribution in [0.15, 0.2) is 84.5 Å². The molecule has 0 saturated carbocycles. The van der Waals surface area contributed by atoms with Gasteiger partial charge in [0.05, 0.1) is 7.11 Å². The van der Waals surface area contributed by atoms with Crippen LogP contribution in [0.4, 0.5) is 0 Å². The molecule has 41 heavy (non-hydrogen) atoms. The summed E-state index contributed by atoms with van der Waals surface area (Å²) >= 11 is 1.89. The number of hydrogen-bond donors (Lipinski definition) is 1. The van der Waals surface area contributed by atoms with Crippen molar-refractivity contribution < 1.29 is 9.47 Å². The second-order valence-electron chi connectivity index (χ2n) is 11.2. The fourth-order valence-corrected chi connectivity index (χ4v) is 7.38. The monoisotopic (exact) mass is 564 g/mol. The molecule has 0 bridgehead atoms. The fraction of sp³-hybridized carbons (Fsp3) is 0.333. The van der Waals surface area contributed by atoms with Gasteiger partial charge in [-0.05, 0) is 110 Å². The molecular formula is C36H40N2O2S. The van der Waals surface area contributed by atoms with E-state index in [0.717, 1.165) is 43.7 Å². The van der Waals surface area contributed by atoms with Crippen LogP contribution >= 0.6 is 11.3 Å². The predicted octanol–water partition coefficient (Wildman–Crippen LogP) is 8.13. The van der Waals surface area contributed by atoms with Gasteiger partial charge in [-0.25, -0.2) is 0 Å². The number of hydrogen-bond acceptors (Lipinski definition) is 5. The number of benzene rings is 3. The standard InChI is InChI=1S/C36H40N2O2S/c1-39-34-22-28(11-14-30(34)24-38-19-5-6-20-38)21-33-32-16-15-31(40-25-27-7-3-2-4-8-27)23-35(32)41-36(33)29-12-9-26(10-13-29)17-18-37/h2-4,7-9,11-12,14-16,22-23H,5-6,10,13,17-21,24-25,37H2,1H3. The summed E-state index contributed by atoms with van der Waals surface area (Å²) in [4.78, 5) is 3.92. The Labute approximate surface area is 248 Å². The number of ether oxygens (including phenoxy) is 2. The van der Waals surface area contributed by atoms with E-state index >= 15 is 0 Å². The first-order chi connectivity index (χ1) is 20.2. The molecule has 212 valence electrons. The van der Waals surface area contributed by atoms with Crippen molar-refractivity contribution in [3.8, 4) is 11.5 Å². The Morgan fingerprint density at radius 3 is 2.51 bits per heavy atom. The molecule has 1 fully saturated rings. The van der Waals surface area contributed by atoms with Crippen LogP contribution in [0.2, 0.25) is 0 Å². The quantitative estimate of drug-likeness (QED) is 0.200. The Balaban J connectivity index is 1.32. The Kier molecular flexibility index (Phi) is 8.85. The van der Waals surface area contributed by atoms with Gasteiger partial charge in [-0.1, -0.05) is 60.2 Å². The number of allylic oxidation sites excluding steroid dienone is 3. The largest absolute Gasteiger partial charge is 0.496 e. The maximum Gasteiger partial charge on any atom is 0.123 e. The summed E-state index contributed by atoms with van der Waals surface area (Å²) in [5.41, 5.74) is 13.9. The van der Waals surface area contributed by atoms with Crippen LogP contribution in [0.5, 0.6) is 11.5 Å². The van der Waals surface area contributed by atoms with Gasteiger partial charge in [0.25, 0.3) is 0 Å². The molecule has 1 saturated heterocycles. The summed E-state index contributed by atoms with van der Waals surface area (Å²) in [6.45, 7) is 4.61. The lowest BCUT2D eigenvalue weighted by Crippen LogP contribution is -2.18. The van der Waals surface area contributed by atoms with Crippen molar-refractivity contribution in [2.45, 2.75) is 51.7 Å². The van der Waals surface area contributed by atoms with Crippen LogP contribution < -0.4 is 15.2 Å². The van der Waals surface area contributed by atoms with E-state index < -0.39 is 0 Å². The second kappa shape index (κ2) is 13.1. The molecular weight excluding hydrogens is 524 g/mol. The first-order valence-corrected chi connectivity index (χ1v) is 15.7. The fourth-order valence-electron chi connectivity index (χ4n) is 6.07. The Hall–Kier alpha value is -3.38. The van der Waals surface area contributed by atoms with Gasteiger partial charge in [0.2, 0.25) is 0 Å². The highest BCUT2D eigenvalue weighted by Crippen LogP contribution is 2.42. The van der Waals surface area contributed by atoms with E-state index in [1.165, 1.54) is 74.3 Å². The van der Waals surface area contributed by atoms with Gasteiger partial charge in [-0.2, -0.15) is 0 Å². The number of nitrogens with zero attached hydrogens (tertiary/aromatic N) is 1. The third-order valence-corrected chi connectivity index (χ3v) is 9.60. The van der Waals surface area contributed by atoms with Crippen molar-refractivity contribution in [2.75, 3.05) is 26.7 Å². The molecule has 0 unspecified atom stereocenters. The van der Waals surface area contributed by atoms with Gasteiger partial charge in [0.1, 0.15) is 18.1 Å². The molecule has 0 atom stereocenters. The molecule has 4 nitrogen and oxygen atoms in total. The maximum atomic E-state index is 6.20. The van der Waals surface area contributed by atoms with E-state index in [-0.39, 0.29) is 0 Å². The summed E-state index contributed by atoms with van der Waals surface area (Å²) in [5.74, 6) is 1.91. The molecule has 0 spiro atoms. The summed E-state index contributed by atoms with van der Waals surface area (Å²) < 4.78 is 13.4. The lowest BCUT2D eigenvalue weighted by molar-refractivity contribution is 0.306. The van der Waals surface area contributed by atoms with E-state index in [0.29, 0.717) is 13.2 Å². The first kappa shape index (κ1) is 27.8. The summed E-state index contributed by atoms with van der Waals surface area (Å²) in [5, 5.41) is 1.31. The van der Waals surface area contributed by atoms with Crippen LogP contribution in [-0.4, -0.2) is 31.6 Å². The average Bonchev–Trinajstić information content (AvgIpc) is 3.66. The van der Waals surface area contributed by atoms with Crippen molar-refractivity contribution in [3.63, 3.8) is 0 Å². The van der Waals surface area contributed by atoms with E-state index in [9.17, 15) is 0 Å². The topological polar surface area (TPSA) is 47.7 Å². The zero-order valence-electron chi connectivity index (χ0n) is 24.0. The molecule has 2 N–H and O–H groups in total. The van der Waals surface area contributed by atoms with Crippen LogP contribution in [0.25, 0.3) is 15.7 Å². The Bertz CT molecular complexity index is 1550. The number of likely N-dealkylation sites (tertiary alicyclic amines) is 1. The molecule has 1 aliphatic carbocycles. The molecule has 3 aromatic carbocycles. The minimum absolute atomic E-state index is 0.570. The summed E-state index contributed by atoms with van der Waals surface area (Å²) in [7, 11) is 1.80. The van der Waals surface area contributed by atoms with Crippen molar-refractivity contribution in [2.24, 2.45) is 5.73 Å². The first-order valence-electron chi connectivity index (χ1n) is 14.9. The molecule has 2 aliphatic rings. The molecule has 1 aliphatic heterocycles. The van der Waals surface area contributed by atoms with Crippen LogP contribution in [-0.2, 0) is 19.6 Å². The summed E-state index contributed by atoms with van der Waals surface area (Å²) in [6, 6.07) is 23.8. The zero-order valence-corrected chi connectivity index (χ0v) is 24.8. The average molecular weight is 565 g/mol. The summed E-state index contributed by atoms with van der Waals surface area (Å²) in [6.07, 6.45) is 11.2. The highest BCUT2D eigenvalue weighted by molar-refractivity contribution is 7.20. The molecule has 0 radical (unpaired) electrons. The van der Waals surface area contributed by atoms with Crippen molar-refractivity contribution in [1.29, 1.82) is 0 Å². The van der Waals surface area contributed by atoms with Crippen LogP contribution in [0, 0.1) is 0 Å². The van der Waals surface area contributed by atoms with Gasteiger partial charge in [-0.3, -0.25) is 4.90 Å². The minimum Gasteiger partial charge on any atom is -0.496 e. The normalized spacial score (nSPS) is 15.7. The van der Waals surface area contributed by atoms with Crippen LogP contribution in [0.1, 0.15) is 59.2 Å². The molecule has 6 rings (SSSR count). The molecule has 2 heterocycles. The predicted molar refractivity (Wildman–Crippen MR) is 172 cm³/mol. The number of fused-ring (bicyclic) bond motifs is 1. The Morgan fingerprint density at radius 1 is 0.902 bits per heavy atom. The molecule has 1 aromatic heterocycles. The van der Waals surface area contributed by atoms with E-state index in [4.69, 9.17) is 15.2 Å². The second-order valence-corrected chi connectivity index (χ2v) is 12.3. The van der Waals surface area contributed by atoms with Gasteiger partial charge < -0.3 is 15.2 Å². The molecule has 4 aromatic rings.